The highest BCUT2D eigenvalue weighted by molar-refractivity contribution is 6.07. The summed E-state index contributed by atoms with van der Waals surface area (Å²) in [6.07, 6.45) is 18.8. The standard InChI is InChI=1S/C25H45NO5/c1-5-8-9-10-11-12-13-14-15-16-17-18-19-20-21-25(26-22(4)27,23(28)30-6-2)24(29)31-7-3/h19-20H,5-18,21H2,1-4H3,(H,26,27). The normalized spacial score (nSPS) is 11.5. The Morgan fingerprint density at radius 3 is 1.58 bits per heavy atom. The molecule has 0 fully saturated rings. The van der Waals surface area contributed by atoms with Crippen LogP contribution in [0.1, 0.15) is 111 Å². The van der Waals surface area contributed by atoms with E-state index in [1.165, 1.54) is 71.1 Å². The van der Waals surface area contributed by atoms with Crippen molar-refractivity contribution in [2.75, 3.05) is 13.2 Å². The van der Waals surface area contributed by atoms with Crippen LogP contribution in [-0.4, -0.2) is 36.6 Å². The Labute approximate surface area is 189 Å². The molecule has 0 saturated heterocycles. The van der Waals surface area contributed by atoms with Crippen molar-refractivity contribution in [1.29, 1.82) is 0 Å². The van der Waals surface area contributed by atoms with Gasteiger partial charge in [-0.3, -0.25) is 4.79 Å². The van der Waals surface area contributed by atoms with E-state index in [4.69, 9.17) is 9.47 Å². The van der Waals surface area contributed by atoms with Crippen molar-refractivity contribution in [2.45, 2.75) is 117 Å². The van der Waals surface area contributed by atoms with E-state index >= 15 is 0 Å². The molecular formula is C25H45NO5. The molecule has 0 saturated carbocycles. The van der Waals surface area contributed by atoms with Gasteiger partial charge in [0.05, 0.1) is 13.2 Å². The number of esters is 2. The highest BCUT2D eigenvalue weighted by atomic mass is 16.6. The van der Waals surface area contributed by atoms with Gasteiger partial charge in [0.2, 0.25) is 11.4 Å². The minimum absolute atomic E-state index is 0.0161. The van der Waals surface area contributed by atoms with Gasteiger partial charge in [-0.05, 0) is 26.7 Å². The second kappa shape index (κ2) is 18.9. The number of rotatable bonds is 19. The molecular weight excluding hydrogens is 394 g/mol. The lowest BCUT2D eigenvalue weighted by Crippen LogP contribution is -2.60. The number of ether oxygens (including phenoxy) is 2. The van der Waals surface area contributed by atoms with Gasteiger partial charge in [0.15, 0.2) is 0 Å². The summed E-state index contributed by atoms with van der Waals surface area (Å²) in [7, 11) is 0. The van der Waals surface area contributed by atoms with Crippen LogP contribution in [0.15, 0.2) is 12.2 Å². The number of hydrogen-bond donors (Lipinski definition) is 1. The molecule has 6 heteroatoms. The predicted octanol–water partition coefficient (Wildman–Crippen LogP) is 5.63. The highest BCUT2D eigenvalue weighted by Gasteiger charge is 2.49. The largest absolute Gasteiger partial charge is 0.464 e. The van der Waals surface area contributed by atoms with E-state index in [0.717, 1.165) is 12.8 Å². The van der Waals surface area contributed by atoms with E-state index < -0.39 is 23.4 Å². The number of hydrogen-bond acceptors (Lipinski definition) is 5. The Morgan fingerprint density at radius 2 is 1.16 bits per heavy atom. The van der Waals surface area contributed by atoms with E-state index in [9.17, 15) is 14.4 Å². The lowest BCUT2D eigenvalue weighted by molar-refractivity contribution is -0.167. The van der Waals surface area contributed by atoms with Crippen LogP contribution in [0.3, 0.4) is 0 Å². The van der Waals surface area contributed by atoms with Gasteiger partial charge in [0.1, 0.15) is 0 Å². The molecule has 1 amide bonds. The van der Waals surface area contributed by atoms with Crippen LogP contribution in [0.5, 0.6) is 0 Å². The molecule has 0 aliphatic heterocycles. The first-order chi connectivity index (χ1) is 14.9. The lowest BCUT2D eigenvalue weighted by Gasteiger charge is -2.28. The summed E-state index contributed by atoms with van der Waals surface area (Å²) in [4.78, 5) is 36.7. The van der Waals surface area contributed by atoms with Gasteiger partial charge < -0.3 is 14.8 Å². The minimum atomic E-state index is -1.83. The first kappa shape index (κ1) is 29.1. The fraction of sp³-hybridized carbons (Fsp3) is 0.800. The number of carbonyl (C=O) groups excluding carboxylic acids is 3. The molecule has 0 aliphatic carbocycles. The molecule has 180 valence electrons. The van der Waals surface area contributed by atoms with E-state index in [2.05, 4.69) is 12.2 Å². The van der Waals surface area contributed by atoms with Crippen LogP contribution < -0.4 is 5.32 Å². The first-order valence-corrected chi connectivity index (χ1v) is 12.2. The van der Waals surface area contributed by atoms with Crippen molar-refractivity contribution in [3.8, 4) is 0 Å². The zero-order valence-corrected chi connectivity index (χ0v) is 20.3. The molecule has 0 radical (unpaired) electrons. The summed E-state index contributed by atoms with van der Waals surface area (Å²) in [5.41, 5.74) is -1.83. The van der Waals surface area contributed by atoms with E-state index in [1.807, 2.05) is 6.08 Å². The Bertz CT molecular complexity index is 512. The van der Waals surface area contributed by atoms with Gasteiger partial charge in [-0.25, -0.2) is 9.59 Å². The molecule has 0 heterocycles. The van der Waals surface area contributed by atoms with Gasteiger partial charge in [0.25, 0.3) is 0 Å². The third kappa shape index (κ3) is 13.2. The van der Waals surface area contributed by atoms with Gasteiger partial charge in [-0.2, -0.15) is 0 Å². The van der Waals surface area contributed by atoms with Crippen LogP contribution >= 0.6 is 0 Å². The Hall–Kier alpha value is -1.85. The molecule has 31 heavy (non-hydrogen) atoms. The van der Waals surface area contributed by atoms with Crippen LogP contribution in [-0.2, 0) is 23.9 Å². The second-order valence-corrected chi connectivity index (χ2v) is 8.03. The maximum absolute atomic E-state index is 12.5. The first-order valence-electron chi connectivity index (χ1n) is 12.2. The topological polar surface area (TPSA) is 81.7 Å². The van der Waals surface area contributed by atoms with E-state index in [1.54, 1.807) is 19.9 Å². The second-order valence-electron chi connectivity index (χ2n) is 8.03. The van der Waals surface area contributed by atoms with Crippen molar-refractivity contribution >= 4 is 17.8 Å². The quantitative estimate of drug-likeness (QED) is 0.122. The minimum Gasteiger partial charge on any atom is -0.464 e. The summed E-state index contributed by atoms with van der Waals surface area (Å²) in [6.45, 7) is 7.05. The number of unbranched alkanes of at least 4 members (excludes halogenated alkanes) is 11. The summed E-state index contributed by atoms with van der Waals surface area (Å²) in [5.74, 6) is -2.06. The van der Waals surface area contributed by atoms with E-state index in [0.29, 0.717) is 0 Å². The molecule has 0 unspecified atom stereocenters. The summed E-state index contributed by atoms with van der Waals surface area (Å²) < 4.78 is 10.1. The number of carbonyl (C=O) groups is 3. The van der Waals surface area contributed by atoms with Crippen molar-refractivity contribution in [3.05, 3.63) is 12.2 Å². The number of nitrogens with one attached hydrogen (secondary N) is 1. The number of amides is 1. The van der Waals surface area contributed by atoms with Crippen molar-refractivity contribution in [2.24, 2.45) is 0 Å². The zero-order valence-electron chi connectivity index (χ0n) is 20.3. The molecule has 0 aliphatic rings. The third-order valence-corrected chi connectivity index (χ3v) is 5.20. The fourth-order valence-corrected chi connectivity index (χ4v) is 3.52. The van der Waals surface area contributed by atoms with Crippen LogP contribution in [0.4, 0.5) is 0 Å². The molecule has 0 bridgehead atoms. The Morgan fingerprint density at radius 1 is 0.710 bits per heavy atom. The van der Waals surface area contributed by atoms with Gasteiger partial charge >= 0.3 is 11.9 Å². The smallest absolute Gasteiger partial charge is 0.344 e. The summed E-state index contributed by atoms with van der Waals surface area (Å²) in [5, 5.41) is 2.47. The summed E-state index contributed by atoms with van der Waals surface area (Å²) in [6, 6.07) is 0. The van der Waals surface area contributed by atoms with Crippen molar-refractivity contribution in [1.82, 2.24) is 5.32 Å². The molecule has 6 nitrogen and oxygen atoms in total. The molecule has 0 aromatic rings. The van der Waals surface area contributed by atoms with Crippen molar-refractivity contribution < 1.29 is 23.9 Å². The Balaban J connectivity index is 4.37. The maximum atomic E-state index is 12.5. The van der Waals surface area contributed by atoms with Gasteiger partial charge in [0, 0.05) is 13.3 Å². The molecule has 0 aromatic carbocycles. The van der Waals surface area contributed by atoms with Crippen LogP contribution in [0.2, 0.25) is 0 Å². The van der Waals surface area contributed by atoms with E-state index in [-0.39, 0.29) is 19.6 Å². The number of allylic oxidation sites excluding steroid dienone is 1. The van der Waals surface area contributed by atoms with Crippen molar-refractivity contribution in [3.63, 3.8) is 0 Å². The maximum Gasteiger partial charge on any atom is 0.344 e. The van der Waals surface area contributed by atoms with Crippen LogP contribution in [0, 0.1) is 0 Å². The molecule has 0 spiro atoms. The highest BCUT2D eigenvalue weighted by Crippen LogP contribution is 2.18. The Kier molecular flexibility index (Phi) is 17.8. The SMILES string of the molecule is CCCCCCCCCCCCCC=CCC(NC(C)=O)(C(=O)OCC)C(=O)OCC. The van der Waals surface area contributed by atoms with Crippen LogP contribution in [0.25, 0.3) is 0 Å². The van der Waals surface area contributed by atoms with Gasteiger partial charge in [-0.15, -0.1) is 0 Å². The average molecular weight is 440 g/mol. The monoisotopic (exact) mass is 439 g/mol. The molecule has 0 rings (SSSR count). The zero-order chi connectivity index (χ0) is 23.4. The third-order valence-electron chi connectivity index (χ3n) is 5.20. The lowest BCUT2D eigenvalue weighted by atomic mass is 9.94. The molecule has 0 aromatic heterocycles. The predicted molar refractivity (Wildman–Crippen MR) is 125 cm³/mol. The van der Waals surface area contributed by atoms with Gasteiger partial charge in [-0.1, -0.05) is 83.3 Å². The molecule has 1 N–H and O–H groups in total. The average Bonchev–Trinajstić information content (AvgIpc) is 2.73. The molecule has 0 atom stereocenters. The summed E-state index contributed by atoms with van der Waals surface area (Å²) >= 11 is 0. The fourth-order valence-electron chi connectivity index (χ4n) is 3.52.